The molecule has 0 saturated heterocycles. The summed E-state index contributed by atoms with van der Waals surface area (Å²) in [5, 5.41) is 0. The van der Waals surface area contributed by atoms with Crippen LogP contribution >= 0.6 is 12.6 Å². The molecule has 0 aliphatic heterocycles. The molecule has 0 spiro atoms. The van der Waals surface area contributed by atoms with Gasteiger partial charge < -0.3 is 0 Å². The van der Waals surface area contributed by atoms with E-state index in [0.29, 0.717) is 0 Å². The maximum Gasteiger partial charge on any atom is 0.279 e. The highest BCUT2D eigenvalue weighted by Gasteiger charge is 2.18. The maximum atomic E-state index is 11.7. The van der Waals surface area contributed by atoms with Crippen LogP contribution in [0.3, 0.4) is 0 Å². The summed E-state index contributed by atoms with van der Waals surface area (Å²) in [6.45, 7) is 5.07. The third-order valence-corrected chi connectivity index (χ3v) is 1.73. The van der Waals surface area contributed by atoms with Crippen LogP contribution in [-0.2, 0) is 0 Å². The van der Waals surface area contributed by atoms with Gasteiger partial charge in [-0.1, -0.05) is 20.8 Å². The summed E-state index contributed by atoms with van der Waals surface area (Å²) in [6, 6.07) is 0. The van der Waals surface area contributed by atoms with Crippen molar-refractivity contribution in [3.63, 3.8) is 0 Å². The zero-order valence-electron chi connectivity index (χ0n) is 5.70. The van der Waals surface area contributed by atoms with Gasteiger partial charge in [0.15, 0.2) is 0 Å². The van der Waals surface area contributed by atoms with Gasteiger partial charge >= 0.3 is 0 Å². The molecule has 0 fully saturated rings. The van der Waals surface area contributed by atoms with Gasteiger partial charge in [-0.15, -0.1) is 12.6 Å². The Kier molecular flexibility index (Phi) is 2.67. The number of hydrogen-bond acceptors (Lipinski definition) is 1. The van der Waals surface area contributed by atoms with Gasteiger partial charge in [0.25, 0.3) is 6.08 Å². The first kappa shape index (κ1) is 8.95. The van der Waals surface area contributed by atoms with E-state index in [1.165, 1.54) is 0 Å². The Morgan fingerprint density at radius 3 is 1.56 bits per heavy atom. The fourth-order valence-electron chi connectivity index (χ4n) is 0.283. The largest absolute Gasteiger partial charge is 0.279 e. The Labute approximate surface area is 59.4 Å². The number of halogens is 2. The standard InChI is InChI=1S/C6H10F2S/c1-6(2,3)4(9)5(7)8/h9H,1-3H3. The highest BCUT2D eigenvalue weighted by Crippen LogP contribution is 2.31. The number of allylic oxidation sites excluding steroid dienone is 1. The van der Waals surface area contributed by atoms with E-state index < -0.39 is 11.5 Å². The van der Waals surface area contributed by atoms with Gasteiger partial charge in [0.05, 0.1) is 4.91 Å². The molecule has 0 rings (SSSR count). The van der Waals surface area contributed by atoms with Crippen LogP contribution in [0.15, 0.2) is 11.0 Å². The molecule has 0 aliphatic carbocycles. The van der Waals surface area contributed by atoms with E-state index in [2.05, 4.69) is 12.6 Å². The maximum absolute atomic E-state index is 11.7. The molecule has 3 heteroatoms. The van der Waals surface area contributed by atoms with E-state index in [0.717, 1.165) is 0 Å². The second-order valence-electron chi connectivity index (χ2n) is 2.86. The lowest BCUT2D eigenvalue weighted by molar-refractivity contribution is 0.388. The first-order valence-electron chi connectivity index (χ1n) is 2.60. The molecule has 0 amide bonds. The second kappa shape index (κ2) is 2.69. The van der Waals surface area contributed by atoms with Crippen LogP contribution < -0.4 is 0 Å². The SMILES string of the molecule is CC(C)(C)C(S)=C(F)F. The molecule has 0 nitrogen and oxygen atoms in total. The molecule has 0 saturated carbocycles. The average molecular weight is 152 g/mol. The van der Waals surface area contributed by atoms with Gasteiger partial charge in [0.1, 0.15) is 0 Å². The van der Waals surface area contributed by atoms with Crippen LogP contribution in [0.1, 0.15) is 20.8 Å². The van der Waals surface area contributed by atoms with Crippen LogP contribution in [0, 0.1) is 5.41 Å². The van der Waals surface area contributed by atoms with Crippen molar-refractivity contribution < 1.29 is 8.78 Å². The summed E-state index contributed by atoms with van der Waals surface area (Å²) < 4.78 is 23.5. The van der Waals surface area contributed by atoms with Gasteiger partial charge in [-0.05, 0) is 5.41 Å². The van der Waals surface area contributed by atoms with Crippen molar-refractivity contribution in [2.75, 3.05) is 0 Å². The Hall–Kier alpha value is -0.0500. The third kappa shape index (κ3) is 2.84. The van der Waals surface area contributed by atoms with Gasteiger partial charge in [0.2, 0.25) is 0 Å². The molecule has 0 atom stereocenters. The minimum Gasteiger partial charge on any atom is -0.172 e. The third-order valence-electron chi connectivity index (χ3n) is 0.889. The van der Waals surface area contributed by atoms with Crippen LogP contribution in [0.5, 0.6) is 0 Å². The van der Waals surface area contributed by atoms with E-state index in [1.807, 2.05) is 0 Å². The number of thiol groups is 1. The molecular weight excluding hydrogens is 142 g/mol. The molecule has 0 aromatic heterocycles. The predicted octanol–water partition coefficient (Wildman–Crippen LogP) is 3.07. The van der Waals surface area contributed by atoms with E-state index in [1.54, 1.807) is 20.8 Å². The molecule has 0 unspecified atom stereocenters. The van der Waals surface area contributed by atoms with Crippen molar-refractivity contribution in [1.82, 2.24) is 0 Å². The van der Waals surface area contributed by atoms with Crippen LogP contribution in [0.25, 0.3) is 0 Å². The first-order valence-corrected chi connectivity index (χ1v) is 3.05. The molecule has 0 heterocycles. The quantitative estimate of drug-likeness (QED) is 0.507. The summed E-state index contributed by atoms with van der Waals surface area (Å²) in [7, 11) is 0. The zero-order valence-corrected chi connectivity index (χ0v) is 6.60. The Morgan fingerprint density at radius 1 is 1.22 bits per heavy atom. The van der Waals surface area contributed by atoms with E-state index >= 15 is 0 Å². The fraction of sp³-hybridized carbons (Fsp3) is 0.667. The minimum absolute atomic E-state index is 0.137. The fourth-order valence-corrected chi connectivity index (χ4v) is 0.283. The minimum atomic E-state index is -1.69. The molecule has 9 heavy (non-hydrogen) atoms. The first-order chi connectivity index (χ1) is 3.85. The number of hydrogen-bond donors (Lipinski definition) is 1. The van der Waals surface area contributed by atoms with Gasteiger partial charge in [-0.25, -0.2) is 0 Å². The second-order valence-corrected chi connectivity index (χ2v) is 3.31. The van der Waals surface area contributed by atoms with Crippen molar-refractivity contribution in [1.29, 1.82) is 0 Å². The molecule has 0 N–H and O–H groups in total. The van der Waals surface area contributed by atoms with Crippen LogP contribution in [0.2, 0.25) is 0 Å². The smallest absolute Gasteiger partial charge is 0.172 e. The molecule has 0 aromatic carbocycles. The van der Waals surface area contributed by atoms with Crippen LogP contribution in [-0.4, -0.2) is 0 Å². The normalized spacial score (nSPS) is 11.3. The van der Waals surface area contributed by atoms with Crippen molar-refractivity contribution in [2.45, 2.75) is 20.8 Å². The highest BCUT2D eigenvalue weighted by atomic mass is 32.1. The lowest BCUT2D eigenvalue weighted by Crippen LogP contribution is -2.05. The molecular formula is C6H10F2S. The molecule has 0 radical (unpaired) electrons. The summed E-state index contributed by atoms with van der Waals surface area (Å²) >= 11 is 3.64. The Balaban J connectivity index is 4.40. The summed E-state index contributed by atoms with van der Waals surface area (Å²) in [6.07, 6.45) is -1.69. The van der Waals surface area contributed by atoms with E-state index in [4.69, 9.17) is 0 Å². The van der Waals surface area contributed by atoms with E-state index in [-0.39, 0.29) is 4.91 Å². The Morgan fingerprint density at radius 2 is 1.56 bits per heavy atom. The summed E-state index contributed by atoms with van der Waals surface area (Å²) in [5.74, 6) is 0. The predicted molar refractivity (Wildman–Crippen MR) is 37.7 cm³/mol. The summed E-state index contributed by atoms with van der Waals surface area (Å²) in [5.41, 5.74) is -0.526. The van der Waals surface area contributed by atoms with Crippen LogP contribution in [0.4, 0.5) is 8.78 Å². The van der Waals surface area contributed by atoms with Gasteiger partial charge in [-0.3, -0.25) is 0 Å². The lowest BCUT2D eigenvalue weighted by Gasteiger charge is -2.16. The van der Waals surface area contributed by atoms with E-state index in [9.17, 15) is 8.78 Å². The van der Waals surface area contributed by atoms with Crippen molar-refractivity contribution >= 4 is 12.6 Å². The topological polar surface area (TPSA) is 0 Å². The Bertz CT molecular complexity index is 128. The number of rotatable bonds is 0. The molecule has 54 valence electrons. The highest BCUT2D eigenvalue weighted by molar-refractivity contribution is 7.84. The average Bonchev–Trinajstić information content (AvgIpc) is 1.62. The molecule has 0 aromatic rings. The van der Waals surface area contributed by atoms with Crippen molar-refractivity contribution in [3.8, 4) is 0 Å². The van der Waals surface area contributed by atoms with Gasteiger partial charge in [0, 0.05) is 0 Å². The van der Waals surface area contributed by atoms with Crippen molar-refractivity contribution in [2.24, 2.45) is 5.41 Å². The molecule has 0 bridgehead atoms. The monoisotopic (exact) mass is 152 g/mol. The van der Waals surface area contributed by atoms with Crippen molar-refractivity contribution in [3.05, 3.63) is 11.0 Å². The summed E-state index contributed by atoms with van der Waals surface area (Å²) in [4.78, 5) is -0.137. The zero-order chi connectivity index (χ0) is 7.65. The lowest BCUT2D eigenvalue weighted by atomic mass is 9.97. The van der Waals surface area contributed by atoms with Gasteiger partial charge in [-0.2, -0.15) is 8.78 Å². The molecule has 0 aliphatic rings.